The lowest BCUT2D eigenvalue weighted by molar-refractivity contribution is 0.441. The Labute approximate surface area is 121 Å². The number of aryl methyl sites for hydroxylation is 1. The molecule has 6 heteroatoms. The highest BCUT2D eigenvalue weighted by atomic mass is 32.1. The van der Waals surface area contributed by atoms with Crippen molar-refractivity contribution in [2.75, 3.05) is 0 Å². The van der Waals surface area contributed by atoms with Crippen LogP contribution in [0.15, 0.2) is 24.4 Å². The molecule has 0 amide bonds. The van der Waals surface area contributed by atoms with E-state index in [1.807, 2.05) is 0 Å². The van der Waals surface area contributed by atoms with E-state index in [9.17, 15) is 8.78 Å². The van der Waals surface area contributed by atoms with Crippen LogP contribution >= 0.6 is 12.2 Å². The number of halogens is 2. The van der Waals surface area contributed by atoms with Crippen LogP contribution in [0.1, 0.15) is 19.4 Å². The molecule has 2 aromatic rings. The van der Waals surface area contributed by atoms with Crippen molar-refractivity contribution >= 4 is 17.2 Å². The largest absolute Gasteiger partial charge is 0.391 e. The van der Waals surface area contributed by atoms with Gasteiger partial charge in [-0.2, -0.15) is 5.10 Å². The number of thiocarbonyl (C=S) groups is 1. The maximum atomic E-state index is 13.8. The van der Waals surface area contributed by atoms with Gasteiger partial charge in [-0.15, -0.1) is 0 Å². The Morgan fingerprint density at radius 3 is 2.35 bits per heavy atom. The molecule has 20 heavy (non-hydrogen) atoms. The second kappa shape index (κ2) is 4.94. The van der Waals surface area contributed by atoms with E-state index < -0.39 is 17.2 Å². The smallest absolute Gasteiger partial charge is 0.135 e. The van der Waals surface area contributed by atoms with Crippen LogP contribution in [0.25, 0.3) is 11.3 Å². The quantitative estimate of drug-likeness (QED) is 0.885. The van der Waals surface area contributed by atoms with Crippen molar-refractivity contribution in [2.24, 2.45) is 5.73 Å². The minimum atomic E-state index is -0.708. The summed E-state index contributed by atoms with van der Waals surface area (Å²) in [6.07, 6.45) is 1.68. The van der Waals surface area contributed by atoms with Gasteiger partial charge in [-0.25, -0.2) is 8.78 Å². The zero-order valence-electron chi connectivity index (χ0n) is 11.4. The molecule has 2 rings (SSSR count). The predicted molar refractivity (Wildman–Crippen MR) is 78.4 cm³/mol. The number of rotatable bonds is 3. The van der Waals surface area contributed by atoms with Crippen molar-refractivity contribution in [3.63, 3.8) is 0 Å². The lowest BCUT2D eigenvalue weighted by Crippen LogP contribution is -2.40. The second-order valence-electron chi connectivity index (χ2n) is 5.13. The van der Waals surface area contributed by atoms with E-state index in [1.165, 1.54) is 22.9 Å². The van der Waals surface area contributed by atoms with Crippen LogP contribution in [0.2, 0.25) is 0 Å². The van der Waals surface area contributed by atoms with Crippen LogP contribution in [-0.2, 0) is 5.54 Å². The second-order valence-corrected chi connectivity index (χ2v) is 5.57. The number of nitrogens with zero attached hydrogens (tertiary/aromatic N) is 2. The third-order valence-electron chi connectivity index (χ3n) is 3.27. The molecule has 0 aliphatic rings. The van der Waals surface area contributed by atoms with Crippen LogP contribution < -0.4 is 5.73 Å². The summed E-state index contributed by atoms with van der Waals surface area (Å²) in [6.45, 7) is 5.33. The van der Waals surface area contributed by atoms with Gasteiger partial charge < -0.3 is 5.73 Å². The zero-order chi connectivity index (χ0) is 15.1. The normalized spacial score (nSPS) is 11.7. The maximum absolute atomic E-state index is 13.8. The Hall–Kier alpha value is -1.82. The Kier molecular flexibility index (Phi) is 3.60. The average Bonchev–Trinajstić information content (AvgIpc) is 2.72. The summed E-state index contributed by atoms with van der Waals surface area (Å²) < 4.78 is 29.2. The van der Waals surface area contributed by atoms with Gasteiger partial charge in [0.1, 0.15) is 27.9 Å². The van der Waals surface area contributed by atoms with E-state index in [0.717, 1.165) is 0 Å². The highest BCUT2D eigenvalue weighted by Crippen LogP contribution is 2.29. The average molecular weight is 295 g/mol. The Morgan fingerprint density at radius 1 is 1.30 bits per heavy atom. The summed E-state index contributed by atoms with van der Waals surface area (Å²) >= 11 is 5.00. The Morgan fingerprint density at radius 2 is 1.85 bits per heavy atom. The predicted octanol–water partition coefficient (Wildman–Crippen LogP) is 3.16. The summed E-state index contributed by atoms with van der Waals surface area (Å²) in [7, 11) is 0. The summed E-state index contributed by atoms with van der Waals surface area (Å²) in [4.78, 5) is 0.251. The number of benzene rings is 1. The molecule has 0 saturated heterocycles. The van der Waals surface area contributed by atoms with Gasteiger partial charge in [0.2, 0.25) is 0 Å². The Balaban J connectivity index is 2.62. The first kappa shape index (κ1) is 14.6. The zero-order valence-corrected chi connectivity index (χ0v) is 12.3. The monoisotopic (exact) mass is 295 g/mol. The highest BCUT2D eigenvalue weighted by Gasteiger charge is 2.27. The first-order chi connectivity index (χ1) is 9.25. The number of nitrogens with two attached hydrogens (primary N) is 1. The fourth-order valence-electron chi connectivity index (χ4n) is 1.83. The molecular weight excluding hydrogens is 280 g/mol. The molecule has 0 fully saturated rings. The van der Waals surface area contributed by atoms with Gasteiger partial charge in [0.15, 0.2) is 0 Å². The van der Waals surface area contributed by atoms with Crippen molar-refractivity contribution in [2.45, 2.75) is 26.3 Å². The molecule has 0 saturated carbocycles. The molecule has 3 nitrogen and oxygen atoms in total. The van der Waals surface area contributed by atoms with Crippen molar-refractivity contribution in [1.82, 2.24) is 9.78 Å². The molecule has 0 unspecified atom stereocenters. The van der Waals surface area contributed by atoms with Crippen LogP contribution in [0, 0.1) is 18.6 Å². The van der Waals surface area contributed by atoms with E-state index >= 15 is 0 Å². The van der Waals surface area contributed by atoms with Gasteiger partial charge in [0.25, 0.3) is 0 Å². The van der Waals surface area contributed by atoms with E-state index in [2.05, 4.69) is 5.10 Å². The molecule has 0 atom stereocenters. The first-order valence-electron chi connectivity index (χ1n) is 6.06. The molecular formula is C14H15F2N3S. The third-order valence-corrected chi connectivity index (χ3v) is 3.77. The van der Waals surface area contributed by atoms with Gasteiger partial charge in [0.05, 0.1) is 5.56 Å². The van der Waals surface area contributed by atoms with Crippen LogP contribution in [0.4, 0.5) is 8.78 Å². The standard InChI is InChI=1S/C14H15F2N3S/c1-8-7-19(14(2,3)13(17)20)18-12(8)11-9(15)5-4-6-10(11)16/h4-7H,1-3H3,(H2,17,20). The van der Waals surface area contributed by atoms with E-state index in [1.54, 1.807) is 27.0 Å². The summed E-state index contributed by atoms with van der Waals surface area (Å²) in [6, 6.07) is 3.73. The summed E-state index contributed by atoms with van der Waals surface area (Å²) in [5.41, 5.74) is 5.74. The van der Waals surface area contributed by atoms with Gasteiger partial charge in [-0.05, 0) is 38.5 Å². The summed E-state index contributed by atoms with van der Waals surface area (Å²) in [5, 5.41) is 4.26. The van der Waals surface area contributed by atoms with Crippen molar-refractivity contribution < 1.29 is 8.78 Å². The Bertz CT molecular complexity index is 657. The van der Waals surface area contributed by atoms with Crippen molar-refractivity contribution in [3.8, 4) is 11.3 Å². The SMILES string of the molecule is Cc1cn(C(C)(C)C(N)=S)nc1-c1c(F)cccc1F. The molecule has 106 valence electrons. The molecule has 1 heterocycles. The number of aromatic nitrogens is 2. The van der Waals surface area contributed by atoms with Gasteiger partial charge in [-0.3, -0.25) is 4.68 Å². The topological polar surface area (TPSA) is 43.8 Å². The lowest BCUT2D eigenvalue weighted by atomic mass is 10.1. The fraction of sp³-hybridized carbons (Fsp3) is 0.286. The minimum absolute atomic E-state index is 0.137. The molecule has 1 aromatic heterocycles. The molecule has 0 spiro atoms. The van der Waals surface area contributed by atoms with E-state index in [4.69, 9.17) is 18.0 Å². The third kappa shape index (κ3) is 2.31. The van der Waals surface area contributed by atoms with Crippen LogP contribution in [0.3, 0.4) is 0 Å². The first-order valence-corrected chi connectivity index (χ1v) is 6.47. The number of hydrogen-bond donors (Lipinski definition) is 1. The van der Waals surface area contributed by atoms with Crippen molar-refractivity contribution in [1.29, 1.82) is 0 Å². The molecule has 0 bridgehead atoms. The lowest BCUT2D eigenvalue weighted by Gasteiger charge is -2.23. The maximum Gasteiger partial charge on any atom is 0.135 e. The number of hydrogen-bond acceptors (Lipinski definition) is 2. The molecule has 0 aliphatic carbocycles. The van der Waals surface area contributed by atoms with Gasteiger partial charge >= 0.3 is 0 Å². The van der Waals surface area contributed by atoms with E-state index in [-0.39, 0.29) is 16.2 Å². The molecule has 1 aromatic carbocycles. The van der Waals surface area contributed by atoms with Gasteiger partial charge in [0, 0.05) is 6.20 Å². The van der Waals surface area contributed by atoms with E-state index in [0.29, 0.717) is 5.56 Å². The van der Waals surface area contributed by atoms with Gasteiger partial charge in [-0.1, -0.05) is 18.3 Å². The molecule has 2 N–H and O–H groups in total. The minimum Gasteiger partial charge on any atom is -0.391 e. The van der Waals surface area contributed by atoms with Crippen LogP contribution in [0.5, 0.6) is 0 Å². The van der Waals surface area contributed by atoms with Crippen LogP contribution in [-0.4, -0.2) is 14.8 Å². The fourth-order valence-corrected chi connectivity index (χ4v) is 1.92. The van der Waals surface area contributed by atoms with Crippen molar-refractivity contribution in [3.05, 3.63) is 41.6 Å². The summed E-state index contributed by atoms with van der Waals surface area (Å²) in [5.74, 6) is -1.29. The highest BCUT2D eigenvalue weighted by molar-refractivity contribution is 7.80. The molecule has 0 aliphatic heterocycles. The molecule has 0 radical (unpaired) electrons.